The molecule has 0 saturated heterocycles. The molecule has 2 spiro atoms. The number of rotatable bonds is 14. The Labute approximate surface area is 450 Å². The number of benzene rings is 4. The molecule has 2 saturated carbocycles. The van der Waals surface area contributed by atoms with Gasteiger partial charge in [0, 0.05) is 52.4 Å². The Bertz CT molecular complexity index is 3310. The number of aliphatic hydroxyl groups is 1. The number of carbonyl (C=O) groups is 4. The number of halogens is 5. The lowest BCUT2D eigenvalue weighted by atomic mass is 9.72. The lowest BCUT2D eigenvalue weighted by Crippen LogP contribution is -2.61. The molecule has 2 fully saturated rings. The number of aromatic nitrogens is 2. The van der Waals surface area contributed by atoms with E-state index < -0.39 is 62.9 Å². The quantitative estimate of drug-likeness (QED) is 0.100. The van der Waals surface area contributed by atoms with Crippen molar-refractivity contribution in [2.24, 2.45) is 0 Å². The van der Waals surface area contributed by atoms with Crippen LogP contribution >= 0.6 is 40.2 Å². The van der Waals surface area contributed by atoms with Crippen molar-refractivity contribution < 1.29 is 47.6 Å². The van der Waals surface area contributed by atoms with Gasteiger partial charge in [0.25, 0.3) is 11.8 Å². The summed E-state index contributed by atoms with van der Waals surface area (Å²) >= 11 is 11.7. The van der Waals surface area contributed by atoms with Gasteiger partial charge in [0.1, 0.15) is 18.2 Å². The minimum atomic E-state index is -0.934. The molecule has 0 radical (unpaired) electrons. The third kappa shape index (κ3) is 10.8. The Kier molecular flexibility index (Phi) is 16.3. The average molecular weight is 1130 g/mol. The van der Waals surface area contributed by atoms with E-state index >= 15 is 0 Å². The smallest absolute Gasteiger partial charge is 0.274 e. The molecule has 4 aliphatic rings. The lowest BCUT2D eigenvalue weighted by molar-refractivity contribution is -0.0929. The maximum Gasteiger partial charge on any atom is 0.274 e. The second-order valence-corrected chi connectivity index (χ2v) is 20.4. The first-order valence-electron chi connectivity index (χ1n) is 24.1. The number of hydrogen-bond acceptors (Lipinski definition) is 10. The summed E-state index contributed by atoms with van der Waals surface area (Å²) in [6.07, 6.45) is 3.82. The van der Waals surface area contributed by atoms with Gasteiger partial charge in [-0.25, -0.2) is 8.78 Å². The highest BCUT2D eigenvalue weighted by Gasteiger charge is 2.53. The van der Waals surface area contributed by atoms with Crippen molar-refractivity contribution in [2.75, 3.05) is 27.2 Å². The fraction of sp³-hybridized carbons (Fsp3) is 0.321. The second kappa shape index (κ2) is 22.4. The zero-order chi connectivity index (χ0) is 52.6. The van der Waals surface area contributed by atoms with E-state index in [1.807, 2.05) is 60.7 Å². The van der Waals surface area contributed by atoms with Crippen LogP contribution in [0.25, 0.3) is 0 Å². The molecule has 14 nitrogen and oxygen atoms in total. The van der Waals surface area contributed by atoms with Crippen LogP contribution in [0.5, 0.6) is 11.5 Å². The van der Waals surface area contributed by atoms with Gasteiger partial charge in [-0.3, -0.25) is 28.8 Å². The standard InChI is InChI=1S/C35H32ClFN2O5.C21H20ClFN2O5.BrH/c1-38-22-35(17-26(18-35)43-20-23-9-4-2-5-10-23)39-19-27(29(40)16-15-25-13-8-14-28(36)30(25)37)32(41)33(31(39)34(38)42)44-21-24-11-6-3-7-12-24;1-24-10-21(7-12(26)8-21)25-9-13(18(28)19(29)17(25)20(24)30)15(27)6-5-11-3-2-4-14(22)16(11)23;/h2-14,19,26H,15-18,20-22H2,1H3;2-4,9,12,26,29H,5-8,10H2,1H3;1H. The highest BCUT2D eigenvalue weighted by molar-refractivity contribution is 8.93. The van der Waals surface area contributed by atoms with Crippen molar-refractivity contribution in [3.63, 3.8) is 0 Å². The molecule has 2 aliphatic heterocycles. The average Bonchev–Trinajstić information content (AvgIpc) is 3.37. The Morgan fingerprint density at radius 1 is 0.640 bits per heavy atom. The van der Waals surface area contributed by atoms with Gasteiger partial charge >= 0.3 is 0 Å². The molecule has 2 aliphatic carbocycles. The number of fused-ring (bicyclic) bond motifs is 4. The number of aromatic hydroxyl groups is 1. The highest BCUT2D eigenvalue weighted by Crippen LogP contribution is 2.47. The molecular weight excluding hydrogens is 1080 g/mol. The fourth-order valence-electron chi connectivity index (χ4n) is 10.6. The predicted octanol–water partition coefficient (Wildman–Crippen LogP) is 8.87. The number of likely N-dealkylation sites (N-methyl/N-ethyl adjacent to an activating group) is 2. The maximum absolute atomic E-state index is 14.5. The third-order valence-corrected chi connectivity index (χ3v) is 15.0. The van der Waals surface area contributed by atoms with Gasteiger partial charge in [-0.2, -0.15) is 0 Å². The van der Waals surface area contributed by atoms with Crippen LogP contribution in [0.4, 0.5) is 8.78 Å². The Hall–Kier alpha value is -6.50. The molecule has 392 valence electrons. The molecule has 2 aromatic heterocycles. The first-order chi connectivity index (χ1) is 35.4. The minimum absolute atomic E-state index is 0. The van der Waals surface area contributed by atoms with Crippen LogP contribution in [-0.4, -0.2) is 91.9 Å². The SMILES string of the molecule is Br.CN1CC2(CC(O)C2)n2cc(C(=O)CCc3cccc(Cl)c3F)c(=O)c(O)c2C1=O.CN1CC2(CC(OCc3ccccc3)C2)n2cc(C(=O)CCc3cccc(Cl)c3F)c(=O)c(OCc3ccccc3)c2C1=O. The van der Waals surface area contributed by atoms with Crippen molar-refractivity contribution in [3.05, 3.63) is 196 Å². The molecule has 10 rings (SSSR count). The number of nitrogens with zero attached hydrogens (tertiary/aromatic N) is 4. The van der Waals surface area contributed by atoms with E-state index in [1.54, 1.807) is 41.8 Å². The van der Waals surface area contributed by atoms with Crippen molar-refractivity contribution >= 4 is 63.6 Å². The lowest BCUT2D eigenvalue weighted by Gasteiger charge is -2.53. The summed E-state index contributed by atoms with van der Waals surface area (Å²) in [6.45, 7) is 1.19. The van der Waals surface area contributed by atoms with E-state index in [4.69, 9.17) is 32.7 Å². The molecule has 2 amide bonds. The van der Waals surface area contributed by atoms with Crippen LogP contribution in [0.15, 0.2) is 119 Å². The van der Waals surface area contributed by atoms with Gasteiger partial charge < -0.3 is 38.6 Å². The first-order valence-corrected chi connectivity index (χ1v) is 24.9. The monoisotopic (exact) mass is 1130 g/mol. The number of aliphatic hydroxyl groups excluding tert-OH is 1. The van der Waals surface area contributed by atoms with Crippen LogP contribution in [0.1, 0.15) is 102 Å². The van der Waals surface area contributed by atoms with Crippen molar-refractivity contribution in [3.8, 4) is 11.5 Å². The van der Waals surface area contributed by atoms with E-state index in [0.717, 1.165) is 11.1 Å². The zero-order valence-corrected chi connectivity index (χ0v) is 44.1. The van der Waals surface area contributed by atoms with E-state index in [1.165, 1.54) is 40.1 Å². The molecule has 0 bridgehead atoms. The van der Waals surface area contributed by atoms with E-state index in [9.17, 15) is 47.8 Å². The molecule has 4 aromatic carbocycles. The van der Waals surface area contributed by atoms with Gasteiger partial charge in [-0.15, -0.1) is 17.0 Å². The normalized spacial score (nSPS) is 20.3. The van der Waals surface area contributed by atoms with Crippen LogP contribution in [-0.2, 0) is 41.9 Å². The molecule has 6 aromatic rings. The zero-order valence-electron chi connectivity index (χ0n) is 40.9. The Morgan fingerprint density at radius 3 is 1.60 bits per heavy atom. The number of hydrogen-bond donors (Lipinski definition) is 2. The van der Waals surface area contributed by atoms with E-state index in [2.05, 4.69) is 0 Å². The molecule has 0 atom stereocenters. The van der Waals surface area contributed by atoms with Crippen LogP contribution in [0.2, 0.25) is 10.0 Å². The van der Waals surface area contributed by atoms with Gasteiger partial charge in [0.2, 0.25) is 10.9 Å². The number of ketones is 2. The second-order valence-electron chi connectivity index (χ2n) is 19.6. The van der Waals surface area contributed by atoms with Gasteiger partial charge in [-0.05, 0) is 72.9 Å². The molecular formula is C56H53BrCl2F2N4O10. The Balaban J connectivity index is 0.000000211. The minimum Gasteiger partial charge on any atom is -0.503 e. The summed E-state index contributed by atoms with van der Waals surface area (Å²) in [7, 11) is 3.26. The summed E-state index contributed by atoms with van der Waals surface area (Å²) in [5, 5.41) is 20.2. The molecule has 19 heteroatoms. The number of Topliss-reactive ketones (excluding diaryl/α,β-unsaturated/α-hetero) is 2. The number of amides is 2. The van der Waals surface area contributed by atoms with Crippen molar-refractivity contribution in [2.45, 2.75) is 87.9 Å². The predicted molar refractivity (Wildman–Crippen MR) is 282 cm³/mol. The summed E-state index contributed by atoms with van der Waals surface area (Å²) in [5.74, 6) is -4.07. The van der Waals surface area contributed by atoms with Crippen LogP contribution in [0.3, 0.4) is 0 Å². The van der Waals surface area contributed by atoms with E-state index in [0.29, 0.717) is 45.4 Å². The molecule has 4 heterocycles. The maximum atomic E-state index is 14.5. The number of pyridine rings is 2. The number of ether oxygens (including phenoxy) is 2. The largest absolute Gasteiger partial charge is 0.503 e. The summed E-state index contributed by atoms with van der Waals surface area (Å²) in [4.78, 5) is 82.0. The van der Waals surface area contributed by atoms with Crippen LogP contribution in [0, 0.1) is 11.6 Å². The molecule has 75 heavy (non-hydrogen) atoms. The third-order valence-electron chi connectivity index (χ3n) is 14.4. The van der Waals surface area contributed by atoms with Gasteiger partial charge in [-0.1, -0.05) is 108 Å². The summed E-state index contributed by atoms with van der Waals surface area (Å²) < 4.78 is 44.1. The first kappa shape index (κ1) is 54.8. The summed E-state index contributed by atoms with van der Waals surface area (Å²) in [6, 6.07) is 28.3. The van der Waals surface area contributed by atoms with Crippen LogP contribution < -0.4 is 15.6 Å². The topological polar surface area (TPSA) is 178 Å². The van der Waals surface area contributed by atoms with Crippen molar-refractivity contribution in [1.29, 1.82) is 0 Å². The highest BCUT2D eigenvalue weighted by atomic mass is 79.9. The van der Waals surface area contributed by atoms with E-state index in [-0.39, 0.29) is 111 Å². The van der Waals surface area contributed by atoms with Crippen molar-refractivity contribution in [1.82, 2.24) is 18.9 Å². The molecule has 0 unspecified atom stereocenters. The molecule has 2 N–H and O–H groups in total. The number of aryl methyl sites for hydroxylation is 2. The number of carbonyl (C=O) groups excluding carboxylic acids is 4. The summed E-state index contributed by atoms with van der Waals surface area (Å²) in [5.41, 5.74) is -0.864. The fourth-order valence-corrected chi connectivity index (χ4v) is 10.9. The Morgan fingerprint density at radius 2 is 1.09 bits per heavy atom. The van der Waals surface area contributed by atoms with Gasteiger partial charge in [0.15, 0.2) is 34.5 Å². The van der Waals surface area contributed by atoms with Gasteiger partial charge in [0.05, 0.1) is 51.1 Å².